The van der Waals surface area contributed by atoms with Crippen molar-refractivity contribution in [1.29, 1.82) is 0 Å². The van der Waals surface area contributed by atoms with Crippen LogP contribution in [0.25, 0.3) is 0 Å². The smallest absolute Gasteiger partial charge is 0.255 e. The van der Waals surface area contributed by atoms with E-state index in [1.165, 1.54) is 0 Å². The third-order valence-electron chi connectivity index (χ3n) is 4.38. The fraction of sp³-hybridized carbons (Fsp3) is 0.364. The van der Waals surface area contributed by atoms with Crippen molar-refractivity contribution in [2.24, 2.45) is 5.92 Å². The standard InChI is InChI=1S/C22H25ClN2O4/c1-3-11-29-20-18(23)12-15(13-19(20)28-4-2)22(27)25-17-9-7-16(8-10-17)24-21(26)14-5-6-14/h7-10,12-14H,3-6,11H2,1-2H3,(H,24,26)(H,25,27). The molecule has 0 radical (unpaired) electrons. The zero-order valence-corrected chi connectivity index (χ0v) is 17.3. The molecule has 7 heteroatoms. The number of carbonyl (C=O) groups is 2. The molecule has 0 heterocycles. The molecule has 0 aliphatic heterocycles. The quantitative estimate of drug-likeness (QED) is 0.594. The summed E-state index contributed by atoms with van der Waals surface area (Å²) < 4.78 is 11.3. The second-order valence-corrected chi connectivity index (χ2v) is 7.27. The Bertz CT molecular complexity index is 879. The van der Waals surface area contributed by atoms with Gasteiger partial charge in [0, 0.05) is 22.9 Å². The van der Waals surface area contributed by atoms with E-state index >= 15 is 0 Å². The first-order valence-corrected chi connectivity index (χ1v) is 10.2. The molecule has 6 nitrogen and oxygen atoms in total. The van der Waals surface area contributed by atoms with Crippen LogP contribution >= 0.6 is 11.6 Å². The highest BCUT2D eigenvalue weighted by Crippen LogP contribution is 2.37. The van der Waals surface area contributed by atoms with E-state index < -0.39 is 0 Å². The molecule has 2 aromatic carbocycles. The topological polar surface area (TPSA) is 76.7 Å². The van der Waals surface area contributed by atoms with Crippen molar-refractivity contribution < 1.29 is 19.1 Å². The Morgan fingerprint density at radius 2 is 1.69 bits per heavy atom. The fourth-order valence-corrected chi connectivity index (χ4v) is 3.00. The lowest BCUT2D eigenvalue weighted by Gasteiger charge is -2.15. The Hall–Kier alpha value is -2.73. The third kappa shape index (κ3) is 5.64. The normalized spacial score (nSPS) is 12.9. The first-order valence-electron chi connectivity index (χ1n) is 9.83. The Morgan fingerprint density at radius 1 is 1.03 bits per heavy atom. The lowest BCUT2D eigenvalue weighted by molar-refractivity contribution is -0.117. The van der Waals surface area contributed by atoms with Gasteiger partial charge in [-0.25, -0.2) is 0 Å². The summed E-state index contributed by atoms with van der Waals surface area (Å²) in [5, 5.41) is 6.02. The third-order valence-corrected chi connectivity index (χ3v) is 4.66. The van der Waals surface area contributed by atoms with Crippen LogP contribution in [0, 0.1) is 5.92 Å². The fourth-order valence-electron chi connectivity index (χ4n) is 2.74. The van der Waals surface area contributed by atoms with E-state index in [1.54, 1.807) is 36.4 Å². The highest BCUT2D eigenvalue weighted by atomic mass is 35.5. The highest BCUT2D eigenvalue weighted by molar-refractivity contribution is 6.32. The largest absolute Gasteiger partial charge is 0.490 e. The number of ether oxygens (including phenoxy) is 2. The van der Waals surface area contributed by atoms with Crippen LogP contribution < -0.4 is 20.1 Å². The number of hydrogen-bond acceptors (Lipinski definition) is 4. The van der Waals surface area contributed by atoms with Gasteiger partial charge in [0.05, 0.1) is 18.2 Å². The lowest BCUT2D eigenvalue weighted by Crippen LogP contribution is -2.14. The minimum Gasteiger partial charge on any atom is -0.490 e. The maximum absolute atomic E-state index is 12.7. The summed E-state index contributed by atoms with van der Waals surface area (Å²) in [5.74, 6) is 0.761. The molecule has 0 atom stereocenters. The van der Waals surface area contributed by atoms with Gasteiger partial charge in [-0.1, -0.05) is 18.5 Å². The molecule has 3 rings (SSSR count). The van der Waals surface area contributed by atoms with Crippen molar-refractivity contribution in [1.82, 2.24) is 0 Å². The van der Waals surface area contributed by atoms with Gasteiger partial charge in [0.15, 0.2) is 11.5 Å². The number of halogens is 1. The van der Waals surface area contributed by atoms with Gasteiger partial charge in [-0.15, -0.1) is 0 Å². The second kappa shape index (κ2) is 9.65. The Balaban J connectivity index is 1.69. The lowest BCUT2D eigenvalue weighted by atomic mass is 10.1. The molecule has 2 N–H and O–H groups in total. The summed E-state index contributed by atoms with van der Waals surface area (Å²) in [6.45, 7) is 4.79. The molecule has 0 unspecified atom stereocenters. The van der Waals surface area contributed by atoms with Crippen LogP contribution in [0.3, 0.4) is 0 Å². The maximum atomic E-state index is 12.7. The summed E-state index contributed by atoms with van der Waals surface area (Å²) in [6.07, 6.45) is 2.74. The maximum Gasteiger partial charge on any atom is 0.255 e. The van der Waals surface area contributed by atoms with Crippen LogP contribution in [0.15, 0.2) is 36.4 Å². The van der Waals surface area contributed by atoms with Crippen LogP contribution in [0.4, 0.5) is 11.4 Å². The molecule has 2 aromatic rings. The van der Waals surface area contributed by atoms with Crippen molar-refractivity contribution in [2.45, 2.75) is 33.1 Å². The average molecular weight is 417 g/mol. The molecule has 0 saturated heterocycles. The number of hydrogen-bond donors (Lipinski definition) is 2. The van der Waals surface area contributed by atoms with Gasteiger partial charge in [0.25, 0.3) is 5.91 Å². The minimum atomic E-state index is -0.315. The predicted molar refractivity (Wildman–Crippen MR) is 114 cm³/mol. The second-order valence-electron chi connectivity index (χ2n) is 6.86. The summed E-state index contributed by atoms with van der Waals surface area (Å²) in [7, 11) is 0. The van der Waals surface area contributed by atoms with E-state index in [-0.39, 0.29) is 17.7 Å². The molecule has 1 aliphatic carbocycles. The number of amides is 2. The zero-order valence-electron chi connectivity index (χ0n) is 16.6. The van der Waals surface area contributed by atoms with Gasteiger partial charge in [-0.3, -0.25) is 9.59 Å². The summed E-state index contributed by atoms with van der Waals surface area (Å²) >= 11 is 6.33. The van der Waals surface area contributed by atoms with Crippen molar-refractivity contribution in [3.63, 3.8) is 0 Å². The van der Waals surface area contributed by atoms with Gasteiger partial charge in [-0.05, 0) is 62.6 Å². The van der Waals surface area contributed by atoms with Crippen LogP contribution in [-0.4, -0.2) is 25.0 Å². The molecule has 0 spiro atoms. The van der Waals surface area contributed by atoms with E-state index in [1.807, 2.05) is 13.8 Å². The SMILES string of the molecule is CCCOc1c(Cl)cc(C(=O)Nc2ccc(NC(=O)C3CC3)cc2)cc1OCC. The Labute approximate surface area is 175 Å². The van der Waals surface area contributed by atoms with Crippen LogP contribution in [0.2, 0.25) is 5.02 Å². The number of nitrogens with one attached hydrogen (secondary N) is 2. The summed E-state index contributed by atoms with van der Waals surface area (Å²) in [5.41, 5.74) is 1.69. The molecule has 0 aromatic heterocycles. The zero-order chi connectivity index (χ0) is 20.8. The molecule has 0 bridgehead atoms. The number of benzene rings is 2. The minimum absolute atomic E-state index is 0.0465. The Morgan fingerprint density at radius 3 is 2.28 bits per heavy atom. The van der Waals surface area contributed by atoms with E-state index in [4.69, 9.17) is 21.1 Å². The van der Waals surface area contributed by atoms with Crippen LogP contribution in [0.1, 0.15) is 43.5 Å². The van der Waals surface area contributed by atoms with Gasteiger partial charge in [0.2, 0.25) is 5.91 Å². The molecule has 1 saturated carbocycles. The molecule has 2 amide bonds. The molecular formula is C22H25ClN2O4. The van der Waals surface area contributed by atoms with Crippen molar-refractivity contribution in [2.75, 3.05) is 23.8 Å². The van der Waals surface area contributed by atoms with Gasteiger partial charge < -0.3 is 20.1 Å². The monoisotopic (exact) mass is 416 g/mol. The van der Waals surface area contributed by atoms with Gasteiger partial charge in [0.1, 0.15) is 0 Å². The van der Waals surface area contributed by atoms with Crippen molar-refractivity contribution in [3.8, 4) is 11.5 Å². The Kier molecular flexibility index (Phi) is 6.99. The molecule has 154 valence electrons. The number of rotatable bonds is 9. The molecule has 1 fully saturated rings. The summed E-state index contributed by atoms with van der Waals surface area (Å²) in [4.78, 5) is 24.5. The van der Waals surface area contributed by atoms with Crippen molar-refractivity contribution >= 4 is 34.8 Å². The van der Waals surface area contributed by atoms with Crippen LogP contribution in [0.5, 0.6) is 11.5 Å². The average Bonchev–Trinajstić information content (AvgIpc) is 3.54. The number of anilines is 2. The van der Waals surface area contributed by atoms with E-state index in [0.717, 1.165) is 19.3 Å². The highest BCUT2D eigenvalue weighted by Gasteiger charge is 2.29. The molecular weight excluding hydrogens is 392 g/mol. The molecule has 1 aliphatic rings. The summed E-state index contributed by atoms with van der Waals surface area (Å²) in [6, 6.07) is 10.2. The van der Waals surface area contributed by atoms with Gasteiger partial charge >= 0.3 is 0 Å². The first-order chi connectivity index (χ1) is 14.0. The predicted octanol–water partition coefficient (Wildman–Crippen LogP) is 5.13. The van der Waals surface area contributed by atoms with Crippen molar-refractivity contribution in [3.05, 3.63) is 47.0 Å². The molecule has 29 heavy (non-hydrogen) atoms. The van der Waals surface area contributed by atoms with E-state index in [9.17, 15) is 9.59 Å². The number of carbonyl (C=O) groups excluding carboxylic acids is 2. The van der Waals surface area contributed by atoms with Crippen LogP contribution in [-0.2, 0) is 4.79 Å². The van der Waals surface area contributed by atoms with E-state index in [0.29, 0.717) is 46.7 Å². The van der Waals surface area contributed by atoms with Gasteiger partial charge in [-0.2, -0.15) is 0 Å². The first kappa shape index (κ1) is 21.0. The van der Waals surface area contributed by atoms with E-state index in [2.05, 4.69) is 10.6 Å².